The molecule has 1 aliphatic rings. The van der Waals surface area contributed by atoms with Gasteiger partial charge in [0.05, 0.1) is 18.9 Å². The van der Waals surface area contributed by atoms with Crippen LogP contribution in [-0.4, -0.2) is 37.3 Å². The highest BCUT2D eigenvalue weighted by Crippen LogP contribution is 2.41. The van der Waals surface area contributed by atoms with Gasteiger partial charge in [-0.2, -0.15) is 0 Å². The van der Waals surface area contributed by atoms with Crippen molar-refractivity contribution in [2.24, 2.45) is 0 Å². The molecule has 0 fully saturated rings. The van der Waals surface area contributed by atoms with E-state index in [-0.39, 0.29) is 23.1 Å². The maximum absolute atomic E-state index is 13.0. The lowest BCUT2D eigenvalue weighted by Gasteiger charge is -2.31. The first-order chi connectivity index (χ1) is 16.9. The number of hydrogen-bond donors (Lipinski definition) is 1. The van der Waals surface area contributed by atoms with Gasteiger partial charge in [-0.05, 0) is 43.0 Å². The molecule has 2 atom stereocenters. The number of amides is 1. The summed E-state index contributed by atoms with van der Waals surface area (Å²) < 4.78 is 19.0. The summed E-state index contributed by atoms with van der Waals surface area (Å²) in [6, 6.07) is 15.6. The fraction of sp³-hybridized carbons (Fsp3) is 0.357. The molecule has 0 aliphatic carbocycles. The van der Waals surface area contributed by atoms with E-state index in [1.54, 1.807) is 26.5 Å². The van der Waals surface area contributed by atoms with E-state index in [0.717, 1.165) is 35.2 Å². The van der Waals surface area contributed by atoms with Crippen LogP contribution in [0.15, 0.2) is 59.5 Å². The third-order valence-electron chi connectivity index (χ3n) is 6.50. The second kappa shape index (κ2) is 10.8. The highest BCUT2D eigenvalue weighted by atomic mass is 16.5. The number of hydrogen-bond acceptors (Lipinski definition) is 5. The average molecular weight is 477 g/mol. The quantitative estimate of drug-likeness (QED) is 0.496. The summed E-state index contributed by atoms with van der Waals surface area (Å²) in [5.41, 5.74) is 3.67. The second-order valence-corrected chi connectivity index (χ2v) is 8.80. The average Bonchev–Trinajstić information content (AvgIpc) is 2.89. The molecule has 2 aromatic carbocycles. The molecular weight excluding hydrogens is 444 g/mol. The Bertz CT molecular complexity index is 1250. The summed E-state index contributed by atoms with van der Waals surface area (Å²) in [5.74, 6) is 0.880. The predicted octanol–water partition coefficient (Wildman–Crippen LogP) is 4.37. The molecule has 1 aromatic heterocycles. The van der Waals surface area contributed by atoms with Gasteiger partial charge < -0.3 is 24.1 Å². The minimum Gasteiger partial charge on any atom is -0.493 e. The topological polar surface area (TPSA) is 78.8 Å². The number of carbonyl (C=O) groups excluding carboxylic acids is 1. The third kappa shape index (κ3) is 5.25. The normalized spacial score (nSPS) is 15.0. The molecule has 35 heavy (non-hydrogen) atoms. The number of rotatable bonds is 9. The van der Waals surface area contributed by atoms with E-state index in [0.29, 0.717) is 24.7 Å². The molecular formula is C28H32N2O5. The van der Waals surface area contributed by atoms with Crippen LogP contribution in [-0.2, 0) is 17.8 Å². The fourth-order valence-corrected chi connectivity index (χ4v) is 4.36. The number of ether oxygens (including phenoxy) is 3. The highest BCUT2D eigenvalue weighted by Gasteiger charge is 2.27. The minimum absolute atomic E-state index is 0.109. The van der Waals surface area contributed by atoms with E-state index in [1.165, 1.54) is 0 Å². The summed E-state index contributed by atoms with van der Waals surface area (Å²) in [6.07, 6.45) is 3.16. The minimum atomic E-state index is -0.392. The number of fused-ring (bicyclic) bond motifs is 3. The zero-order valence-electron chi connectivity index (χ0n) is 20.7. The largest absolute Gasteiger partial charge is 0.493 e. The van der Waals surface area contributed by atoms with E-state index in [4.69, 9.17) is 14.2 Å². The van der Waals surface area contributed by atoms with Gasteiger partial charge in [-0.25, -0.2) is 0 Å². The molecule has 2 heterocycles. The van der Waals surface area contributed by atoms with Gasteiger partial charge in [-0.15, -0.1) is 0 Å². The van der Waals surface area contributed by atoms with Crippen molar-refractivity contribution in [1.29, 1.82) is 0 Å². The number of benzene rings is 2. The summed E-state index contributed by atoms with van der Waals surface area (Å²) in [5, 5.41) is 2.79. The number of aromatic nitrogens is 1. The number of methoxy groups -OCH3 is 2. The first-order valence-electron chi connectivity index (χ1n) is 11.9. The molecule has 1 N–H and O–H groups in total. The molecule has 0 saturated carbocycles. The molecule has 0 bridgehead atoms. The van der Waals surface area contributed by atoms with Crippen molar-refractivity contribution in [3.63, 3.8) is 0 Å². The van der Waals surface area contributed by atoms with Crippen LogP contribution >= 0.6 is 0 Å². The molecule has 1 aliphatic heterocycles. The molecule has 184 valence electrons. The van der Waals surface area contributed by atoms with Gasteiger partial charge in [0.2, 0.25) is 0 Å². The Kier molecular flexibility index (Phi) is 7.56. The Morgan fingerprint density at radius 3 is 2.60 bits per heavy atom. The predicted molar refractivity (Wildman–Crippen MR) is 135 cm³/mol. The van der Waals surface area contributed by atoms with Crippen molar-refractivity contribution >= 4 is 5.91 Å². The van der Waals surface area contributed by atoms with Crippen LogP contribution in [0.3, 0.4) is 0 Å². The lowest BCUT2D eigenvalue weighted by atomic mass is 9.90. The Balaban J connectivity index is 1.69. The van der Waals surface area contributed by atoms with Crippen molar-refractivity contribution < 1.29 is 19.0 Å². The van der Waals surface area contributed by atoms with Crippen molar-refractivity contribution in [3.8, 4) is 22.8 Å². The van der Waals surface area contributed by atoms with Gasteiger partial charge in [0.1, 0.15) is 12.2 Å². The maximum Gasteiger partial charge on any atom is 0.256 e. The maximum atomic E-state index is 13.0. The Hall–Kier alpha value is -3.58. The third-order valence-corrected chi connectivity index (χ3v) is 6.50. The van der Waals surface area contributed by atoms with Crippen molar-refractivity contribution in [1.82, 2.24) is 9.88 Å². The van der Waals surface area contributed by atoms with Gasteiger partial charge in [0, 0.05) is 37.5 Å². The van der Waals surface area contributed by atoms with E-state index in [1.807, 2.05) is 54.0 Å². The summed E-state index contributed by atoms with van der Waals surface area (Å²) in [6.45, 7) is 4.73. The van der Waals surface area contributed by atoms with E-state index in [9.17, 15) is 9.59 Å². The van der Waals surface area contributed by atoms with Crippen molar-refractivity contribution in [2.75, 3.05) is 20.8 Å². The highest BCUT2D eigenvalue weighted by molar-refractivity contribution is 5.94. The van der Waals surface area contributed by atoms with Gasteiger partial charge in [-0.3, -0.25) is 9.59 Å². The molecule has 4 rings (SSSR count). The smallest absolute Gasteiger partial charge is 0.256 e. The lowest BCUT2D eigenvalue weighted by molar-refractivity contribution is 0.0868. The van der Waals surface area contributed by atoms with Crippen molar-refractivity contribution in [2.45, 2.75) is 45.4 Å². The van der Waals surface area contributed by atoms with Crippen molar-refractivity contribution in [3.05, 3.63) is 81.6 Å². The molecule has 3 aromatic rings. The van der Waals surface area contributed by atoms with E-state index >= 15 is 0 Å². The molecule has 0 saturated heterocycles. The molecule has 7 heteroatoms. The van der Waals surface area contributed by atoms with Crippen LogP contribution in [0.2, 0.25) is 0 Å². The summed E-state index contributed by atoms with van der Waals surface area (Å²) in [4.78, 5) is 25.7. The van der Waals surface area contributed by atoms with E-state index in [2.05, 4.69) is 12.2 Å². The monoisotopic (exact) mass is 476 g/mol. The van der Waals surface area contributed by atoms with Gasteiger partial charge in [0.25, 0.3) is 5.91 Å². The zero-order chi connectivity index (χ0) is 24.9. The van der Waals surface area contributed by atoms with E-state index < -0.39 is 5.91 Å². The molecule has 7 nitrogen and oxygen atoms in total. The number of nitrogens with zero attached hydrogens (tertiary/aromatic N) is 1. The van der Waals surface area contributed by atoms with Crippen LogP contribution < -0.4 is 20.2 Å². The number of carbonyl (C=O) groups is 1. The number of pyridine rings is 1. The van der Waals surface area contributed by atoms with Crippen LogP contribution in [0.4, 0.5) is 0 Å². The fourth-order valence-electron chi connectivity index (χ4n) is 4.36. The second-order valence-electron chi connectivity index (χ2n) is 8.80. The molecule has 2 unspecified atom stereocenters. The van der Waals surface area contributed by atoms with Crippen LogP contribution in [0.25, 0.3) is 11.3 Å². The van der Waals surface area contributed by atoms with Crippen LogP contribution in [0.5, 0.6) is 11.5 Å². The Morgan fingerprint density at radius 1 is 1.14 bits per heavy atom. The SMILES string of the molecule is CCC1Cc2cc(OCc3ccccc3)c(OC)cc2-c2cc(=O)c(C(=O)NCC(C)OC)cn21. The zero-order valence-corrected chi connectivity index (χ0v) is 20.7. The number of nitrogens with one attached hydrogen (secondary N) is 1. The Morgan fingerprint density at radius 2 is 1.91 bits per heavy atom. The molecule has 0 spiro atoms. The summed E-state index contributed by atoms with van der Waals surface area (Å²) >= 11 is 0. The first kappa shape index (κ1) is 24.5. The van der Waals surface area contributed by atoms with Gasteiger partial charge in [0.15, 0.2) is 16.9 Å². The molecule has 0 radical (unpaired) electrons. The Labute approximate surface area is 205 Å². The van der Waals surface area contributed by atoms with Gasteiger partial charge >= 0.3 is 0 Å². The molecule has 1 amide bonds. The standard InChI is InChI=1S/C28H32N2O5/c1-5-21-11-20-12-27(35-17-19-9-7-6-8-10-19)26(34-4)13-22(20)24-14-25(31)23(16-30(21)24)28(32)29-15-18(2)33-3/h6-10,12-14,16,18,21H,5,11,15,17H2,1-4H3,(H,29,32). The van der Waals surface area contributed by atoms with Gasteiger partial charge in [-0.1, -0.05) is 37.3 Å². The first-order valence-corrected chi connectivity index (χ1v) is 11.9. The lowest BCUT2D eigenvalue weighted by Crippen LogP contribution is -2.35. The van der Waals surface area contributed by atoms with Crippen LogP contribution in [0, 0.1) is 0 Å². The van der Waals surface area contributed by atoms with Crippen LogP contribution in [0.1, 0.15) is 47.8 Å². The summed E-state index contributed by atoms with van der Waals surface area (Å²) in [7, 11) is 3.19.